The van der Waals surface area contributed by atoms with Gasteiger partial charge in [-0.05, 0) is 49.6 Å². The van der Waals surface area contributed by atoms with Crippen LogP contribution in [0.3, 0.4) is 0 Å². The summed E-state index contributed by atoms with van der Waals surface area (Å²) < 4.78 is 0. The number of carbonyl (C=O) groups is 2. The summed E-state index contributed by atoms with van der Waals surface area (Å²) in [5.74, 6) is -0.411. The molecule has 0 aliphatic carbocycles. The molecule has 0 unspecified atom stereocenters. The first-order chi connectivity index (χ1) is 14.1. The molecule has 0 saturated carbocycles. The van der Waals surface area contributed by atoms with Crippen molar-refractivity contribution in [1.29, 1.82) is 0 Å². The molecule has 1 atom stereocenters. The van der Waals surface area contributed by atoms with E-state index in [9.17, 15) is 9.59 Å². The quantitative estimate of drug-likeness (QED) is 0.716. The van der Waals surface area contributed by atoms with Crippen LogP contribution >= 0.6 is 0 Å². The Balaban J connectivity index is 1.43. The Morgan fingerprint density at radius 1 is 1.21 bits per heavy atom. The highest BCUT2D eigenvalue weighted by atomic mass is 16.2. The van der Waals surface area contributed by atoms with E-state index >= 15 is 0 Å². The molecule has 2 aromatic heterocycles. The summed E-state index contributed by atoms with van der Waals surface area (Å²) in [5, 5.41) is 10.1. The van der Waals surface area contributed by atoms with E-state index in [1.165, 1.54) is 0 Å². The Hall–Kier alpha value is -3.48. The van der Waals surface area contributed by atoms with Crippen molar-refractivity contribution in [2.24, 2.45) is 5.92 Å². The topological polar surface area (TPSA) is 91.0 Å². The number of benzene rings is 1. The minimum absolute atomic E-state index is 0.0440. The van der Waals surface area contributed by atoms with Gasteiger partial charge in [0.2, 0.25) is 5.91 Å². The van der Waals surface area contributed by atoms with Crippen LogP contribution in [-0.4, -0.2) is 45.0 Å². The second kappa shape index (κ2) is 8.26. The Bertz CT molecular complexity index is 1010. The van der Waals surface area contributed by atoms with E-state index in [1.807, 2.05) is 43.3 Å². The number of anilines is 1. The van der Waals surface area contributed by atoms with Gasteiger partial charge in [-0.15, -0.1) is 0 Å². The molecule has 0 radical (unpaired) electrons. The van der Waals surface area contributed by atoms with Crippen LogP contribution < -0.4 is 5.32 Å². The van der Waals surface area contributed by atoms with Gasteiger partial charge in [0.25, 0.3) is 5.91 Å². The van der Waals surface area contributed by atoms with Gasteiger partial charge in [0.1, 0.15) is 5.69 Å². The Kier molecular flexibility index (Phi) is 5.37. The van der Waals surface area contributed by atoms with Gasteiger partial charge in [0.15, 0.2) is 0 Å². The first kappa shape index (κ1) is 18.9. The number of nitrogens with one attached hydrogen (secondary N) is 2. The Labute approximate surface area is 169 Å². The molecule has 29 heavy (non-hydrogen) atoms. The monoisotopic (exact) mass is 389 g/mol. The third-order valence-corrected chi connectivity index (χ3v) is 5.25. The van der Waals surface area contributed by atoms with Crippen LogP contribution in [-0.2, 0) is 4.79 Å². The van der Waals surface area contributed by atoms with Crippen LogP contribution in [0.2, 0.25) is 0 Å². The molecule has 7 nitrogen and oxygen atoms in total. The van der Waals surface area contributed by atoms with Crippen molar-refractivity contribution in [2.45, 2.75) is 19.8 Å². The number of pyridine rings is 1. The third kappa shape index (κ3) is 4.18. The first-order valence-electron chi connectivity index (χ1n) is 9.73. The highest BCUT2D eigenvalue weighted by Crippen LogP contribution is 2.23. The van der Waals surface area contributed by atoms with E-state index in [4.69, 9.17) is 0 Å². The number of likely N-dealkylation sites (tertiary alicyclic amines) is 1. The van der Waals surface area contributed by atoms with Crippen molar-refractivity contribution in [3.8, 4) is 11.3 Å². The number of rotatable bonds is 4. The maximum absolute atomic E-state index is 12.9. The van der Waals surface area contributed by atoms with Gasteiger partial charge in [-0.3, -0.25) is 19.7 Å². The number of hydrogen-bond acceptors (Lipinski definition) is 4. The number of para-hydroxylation sites is 1. The van der Waals surface area contributed by atoms with Gasteiger partial charge in [0.05, 0.1) is 11.6 Å². The number of carbonyl (C=O) groups excluding carboxylic acids is 2. The average Bonchev–Trinajstić information content (AvgIpc) is 3.26. The van der Waals surface area contributed by atoms with Crippen LogP contribution in [0.15, 0.2) is 54.9 Å². The smallest absolute Gasteiger partial charge is 0.271 e. The van der Waals surface area contributed by atoms with Crippen LogP contribution in [0, 0.1) is 12.8 Å². The lowest BCUT2D eigenvalue weighted by molar-refractivity contribution is -0.121. The summed E-state index contributed by atoms with van der Waals surface area (Å²) in [6.07, 6.45) is 4.96. The van der Waals surface area contributed by atoms with Gasteiger partial charge in [-0.1, -0.05) is 18.2 Å². The van der Waals surface area contributed by atoms with Crippen molar-refractivity contribution < 1.29 is 9.59 Å². The van der Waals surface area contributed by atoms with E-state index in [-0.39, 0.29) is 17.7 Å². The highest BCUT2D eigenvalue weighted by Gasteiger charge is 2.30. The molecule has 1 aliphatic heterocycles. The summed E-state index contributed by atoms with van der Waals surface area (Å²) in [6, 6.07) is 13.1. The number of piperidine rings is 1. The number of aromatic amines is 1. The standard InChI is InChI=1S/C22H23N5O2/c1-15-6-2-3-9-18(15)24-21(28)17-8-5-11-27(14-17)22(29)20-12-19(25-26-20)16-7-4-10-23-13-16/h2-4,6-7,9-10,12-13,17H,5,8,11,14H2,1H3,(H,24,28)(H,25,26)/t17-/m1/s1. The van der Waals surface area contributed by atoms with Crippen LogP contribution in [0.25, 0.3) is 11.3 Å². The second-order valence-corrected chi connectivity index (χ2v) is 7.30. The first-order valence-corrected chi connectivity index (χ1v) is 9.73. The number of aryl methyl sites for hydroxylation is 1. The molecule has 2 amide bonds. The molecule has 0 spiro atoms. The van der Waals surface area contributed by atoms with Crippen LogP contribution in [0.5, 0.6) is 0 Å². The van der Waals surface area contributed by atoms with Gasteiger partial charge < -0.3 is 10.2 Å². The molecule has 7 heteroatoms. The lowest BCUT2D eigenvalue weighted by Gasteiger charge is -2.31. The average molecular weight is 389 g/mol. The maximum atomic E-state index is 12.9. The van der Waals surface area contributed by atoms with E-state index in [0.29, 0.717) is 24.5 Å². The molecular formula is C22H23N5O2. The lowest BCUT2D eigenvalue weighted by atomic mass is 9.96. The molecule has 1 aliphatic rings. The van der Waals surface area contributed by atoms with Gasteiger partial charge in [-0.2, -0.15) is 5.10 Å². The maximum Gasteiger partial charge on any atom is 0.271 e. The van der Waals surface area contributed by atoms with Crippen LogP contribution in [0.1, 0.15) is 28.9 Å². The molecule has 4 rings (SSSR count). The summed E-state index contributed by atoms with van der Waals surface area (Å²) >= 11 is 0. The van der Waals surface area contributed by atoms with E-state index in [2.05, 4.69) is 20.5 Å². The molecular weight excluding hydrogens is 366 g/mol. The fraction of sp³-hybridized carbons (Fsp3) is 0.273. The largest absolute Gasteiger partial charge is 0.337 e. The highest BCUT2D eigenvalue weighted by molar-refractivity contribution is 5.96. The summed E-state index contributed by atoms with van der Waals surface area (Å²) in [4.78, 5) is 31.5. The molecule has 0 bridgehead atoms. The lowest BCUT2D eigenvalue weighted by Crippen LogP contribution is -2.44. The van der Waals surface area contributed by atoms with Crippen molar-refractivity contribution in [3.63, 3.8) is 0 Å². The van der Waals surface area contributed by atoms with E-state index in [0.717, 1.165) is 29.7 Å². The number of amides is 2. The Morgan fingerprint density at radius 3 is 2.86 bits per heavy atom. The van der Waals surface area contributed by atoms with Crippen molar-refractivity contribution in [2.75, 3.05) is 18.4 Å². The fourth-order valence-corrected chi connectivity index (χ4v) is 3.59. The van der Waals surface area contributed by atoms with Crippen molar-refractivity contribution >= 4 is 17.5 Å². The third-order valence-electron chi connectivity index (χ3n) is 5.25. The summed E-state index contributed by atoms with van der Waals surface area (Å²) in [6.45, 7) is 3.00. The van der Waals surface area contributed by atoms with Crippen molar-refractivity contribution in [1.82, 2.24) is 20.1 Å². The van der Waals surface area contributed by atoms with Crippen molar-refractivity contribution in [3.05, 3.63) is 66.1 Å². The molecule has 1 aromatic carbocycles. The number of hydrogen-bond donors (Lipinski definition) is 2. The molecule has 1 saturated heterocycles. The molecule has 1 fully saturated rings. The van der Waals surface area contributed by atoms with Gasteiger partial charge in [0, 0.05) is 36.7 Å². The second-order valence-electron chi connectivity index (χ2n) is 7.30. The summed E-state index contributed by atoms with van der Waals surface area (Å²) in [5.41, 5.74) is 3.77. The van der Waals surface area contributed by atoms with E-state index in [1.54, 1.807) is 23.4 Å². The normalized spacial score (nSPS) is 16.4. The Morgan fingerprint density at radius 2 is 2.07 bits per heavy atom. The minimum Gasteiger partial charge on any atom is -0.337 e. The number of nitrogens with zero attached hydrogens (tertiary/aromatic N) is 3. The minimum atomic E-state index is -0.229. The zero-order valence-electron chi connectivity index (χ0n) is 16.3. The zero-order chi connectivity index (χ0) is 20.2. The van der Waals surface area contributed by atoms with Gasteiger partial charge >= 0.3 is 0 Å². The fourth-order valence-electron chi connectivity index (χ4n) is 3.59. The van der Waals surface area contributed by atoms with Crippen LogP contribution in [0.4, 0.5) is 5.69 Å². The SMILES string of the molecule is Cc1ccccc1NC(=O)[C@@H]1CCCN(C(=O)c2cc(-c3cccnc3)n[nH]2)C1. The zero-order valence-corrected chi connectivity index (χ0v) is 16.3. The van der Waals surface area contributed by atoms with Gasteiger partial charge in [-0.25, -0.2) is 0 Å². The van der Waals surface area contributed by atoms with E-state index < -0.39 is 0 Å². The molecule has 2 N–H and O–H groups in total. The molecule has 3 aromatic rings. The predicted octanol–water partition coefficient (Wildman–Crippen LogP) is 3.27. The number of aromatic nitrogens is 3. The predicted molar refractivity (Wildman–Crippen MR) is 110 cm³/mol. The number of H-pyrrole nitrogens is 1. The molecule has 3 heterocycles. The molecule has 148 valence electrons. The summed E-state index contributed by atoms with van der Waals surface area (Å²) in [7, 11) is 0.